The molecule has 0 saturated carbocycles. The van der Waals surface area contributed by atoms with Gasteiger partial charge in [-0.05, 0) is 12.5 Å². The summed E-state index contributed by atoms with van der Waals surface area (Å²) in [7, 11) is 0. The number of hydrogen-bond donors (Lipinski definition) is 1. The second-order valence-corrected chi connectivity index (χ2v) is 5.16. The van der Waals surface area contributed by atoms with Crippen LogP contribution >= 0.6 is 0 Å². The van der Waals surface area contributed by atoms with Gasteiger partial charge in [0.25, 0.3) is 0 Å². The summed E-state index contributed by atoms with van der Waals surface area (Å²) >= 11 is 0. The van der Waals surface area contributed by atoms with Crippen LogP contribution in [0.25, 0.3) is 0 Å². The van der Waals surface area contributed by atoms with Crippen LogP contribution in [0.1, 0.15) is 71.1 Å². The van der Waals surface area contributed by atoms with Crippen molar-refractivity contribution in [1.82, 2.24) is 0 Å². The van der Waals surface area contributed by atoms with E-state index in [0.29, 0.717) is 6.61 Å². The molecule has 0 radical (unpaired) electrons. The highest BCUT2D eigenvalue weighted by atomic mass is 16.5. The first-order valence-electron chi connectivity index (χ1n) is 8.29. The zero-order valence-electron chi connectivity index (χ0n) is 14.1. The monoisotopic (exact) mass is 311 g/mol. The molecule has 0 saturated heterocycles. The molecule has 4 heteroatoms. The summed E-state index contributed by atoms with van der Waals surface area (Å²) in [6.45, 7) is 9.23. The maximum absolute atomic E-state index is 10.7. The van der Waals surface area contributed by atoms with E-state index in [1.165, 1.54) is 63.9 Å². The van der Waals surface area contributed by atoms with E-state index >= 15 is 0 Å². The minimum absolute atomic E-state index is 0.305. The fourth-order valence-electron chi connectivity index (χ4n) is 1.82. The van der Waals surface area contributed by atoms with Gasteiger partial charge >= 0.3 is 5.97 Å². The van der Waals surface area contributed by atoms with Gasteiger partial charge in [-0.2, -0.15) is 0 Å². The number of nitrogens with two attached hydrogens (primary N) is 1. The van der Waals surface area contributed by atoms with Crippen molar-refractivity contribution in [1.29, 1.82) is 0 Å². The summed E-state index contributed by atoms with van der Waals surface area (Å²) < 4.78 is 4.91. The molecule has 0 fully saturated rings. The third kappa shape index (κ3) is 23.5. The molecule has 0 rings (SSSR count). The number of carbonyl (C=O) groups excluding carboxylic acids is 2. The fraction of sp³-hybridized carbons (Fsp3) is 0.667. The highest BCUT2D eigenvalue weighted by Gasteiger charge is 1.95. The lowest BCUT2D eigenvalue weighted by molar-refractivity contribution is -0.137. The molecule has 0 unspecified atom stereocenters. The predicted octanol–water partition coefficient (Wildman–Crippen LogP) is 4.29. The summed E-state index contributed by atoms with van der Waals surface area (Å²) in [5.74, 6) is -0.786. The van der Waals surface area contributed by atoms with Gasteiger partial charge in [0.1, 0.15) is 0 Å². The van der Waals surface area contributed by atoms with Crippen LogP contribution in [0.3, 0.4) is 0 Å². The van der Waals surface area contributed by atoms with Gasteiger partial charge in [0.15, 0.2) is 0 Å². The molecule has 1 amide bonds. The van der Waals surface area contributed by atoms with Crippen molar-refractivity contribution in [2.24, 2.45) is 5.73 Å². The molecular formula is C18H33NO3. The highest BCUT2D eigenvalue weighted by Crippen LogP contribution is 2.10. The van der Waals surface area contributed by atoms with Crippen LogP contribution in [0.5, 0.6) is 0 Å². The Morgan fingerprint density at radius 2 is 1.27 bits per heavy atom. The number of primary amides is 1. The fourth-order valence-corrected chi connectivity index (χ4v) is 1.82. The van der Waals surface area contributed by atoms with Gasteiger partial charge in [0.05, 0.1) is 6.61 Å². The Bertz CT molecular complexity index is 301. The number of amides is 1. The zero-order chi connectivity index (χ0) is 17.1. The van der Waals surface area contributed by atoms with E-state index in [9.17, 15) is 9.59 Å². The number of hydrogen-bond acceptors (Lipinski definition) is 3. The van der Waals surface area contributed by atoms with E-state index < -0.39 is 5.91 Å². The van der Waals surface area contributed by atoms with Crippen LogP contribution in [0.4, 0.5) is 0 Å². The van der Waals surface area contributed by atoms with Crippen molar-refractivity contribution in [3.05, 3.63) is 25.3 Å². The minimum atomic E-state index is -0.481. The highest BCUT2D eigenvalue weighted by molar-refractivity contribution is 5.85. The average Bonchev–Trinajstić information content (AvgIpc) is 2.52. The SMILES string of the molecule is C=CC(=O)OCCCCCCCCCCCC.C=CC(N)=O. The molecule has 0 aliphatic carbocycles. The molecule has 0 aromatic carbocycles. The van der Waals surface area contributed by atoms with Crippen LogP contribution in [-0.2, 0) is 14.3 Å². The number of carbonyl (C=O) groups is 2. The minimum Gasteiger partial charge on any atom is -0.463 e. The lowest BCUT2D eigenvalue weighted by Gasteiger charge is -2.03. The summed E-state index contributed by atoms with van der Waals surface area (Å²) in [5.41, 5.74) is 4.53. The van der Waals surface area contributed by atoms with Crippen LogP contribution in [0.15, 0.2) is 25.3 Å². The Hall–Kier alpha value is -1.58. The van der Waals surface area contributed by atoms with Gasteiger partial charge in [-0.1, -0.05) is 77.9 Å². The van der Waals surface area contributed by atoms with E-state index in [4.69, 9.17) is 4.74 Å². The molecular weight excluding hydrogens is 278 g/mol. The molecule has 0 heterocycles. The van der Waals surface area contributed by atoms with Crippen LogP contribution in [-0.4, -0.2) is 18.5 Å². The van der Waals surface area contributed by atoms with E-state index in [2.05, 4.69) is 25.8 Å². The predicted molar refractivity (Wildman–Crippen MR) is 92.4 cm³/mol. The Morgan fingerprint density at radius 1 is 0.864 bits per heavy atom. The van der Waals surface area contributed by atoms with Gasteiger partial charge in [-0.15, -0.1) is 0 Å². The van der Waals surface area contributed by atoms with Crippen molar-refractivity contribution < 1.29 is 14.3 Å². The summed E-state index contributed by atoms with van der Waals surface area (Å²) in [6.07, 6.45) is 15.2. The standard InChI is InChI=1S/C15H28O2.C3H5NO/c1-3-5-6-7-8-9-10-11-12-13-14-17-15(16)4-2;1-2-3(4)5/h4H,2-3,5-14H2,1H3;2H,1H2,(H2,4,5). The number of esters is 1. The maximum atomic E-state index is 10.7. The number of rotatable bonds is 13. The summed E-state index contributed by atoms with van der Waals surface area (Å²) in [5, 5.41) is 0. The van der Waals surface area contributed by atoms with Crippen LogP contribution in [0, 0.1) is 0 Å². The molecule has 0 spiro atoms. The van der Waals surface area contributed by atoms with Crippen molar-refractivity contribution in [3.63, 3.8) is 0 Å². The third-order valence-electron chi connectivity index (χ3n) is 3.11. The molecule has 2 N–H and O–H groups in total. The van der Waals surface area contributed by atoms with Crippen molar-refractivity contribution in [2.45, 2.75) is 71.1 Å². The van der Waals surface area contributed by atoms with Gasteiger partial charge in [0, 0.05) is 6.08 Å². The first-order valence-corrected chi connectivity index (χ1v) is 8.29. The van der Waals surface area contributed by atoms with Gasteiger partial charge in [-0.25, -0.2) is 4.79 Å². The van der Waals surface area contributed by atoms with E-state index in [-0.39, 0.29) is 5.97 Å². The summed E-state index contributed by atoms with van der Waals surface area (Å²) in [4.78, 5) is 20.2. The van der Waals surface area contributed by atoms with E-state index in [1.807, 2.05) is 0 Å². The average molecular weight is 311 g/mol. The summed E-state index contributed by atoms with van der Waals surface area (Å²) in [6, 6.07) is 0. The lowest BCUT2D eigenvalue weighted by atomic mass is 10.1. The molecule has 0 aromatic rings. The van der Waals surface area contributed by atoms with E-state index in [0.717, 1.165) is 12.5 Å². The smallest absolute Gasteiger partial charge is 0.330 e. The van der Waals surface area contributed by atoms with Crippen LogP contribution in [0.2, 0.25) is 0 Å². The van der Waals surface area contributed by atoms with E-state index in [1.54, 1.807) is 0 Å². The molecule has 0 aliphatic rings. The maximum Gasteiger partial charge on any atom is 0.330 e. The quantitative estimate of drug-likeness (QED) is 0.313. The molecule has 0 bridgehead atoms. The zero-order valence-corrected chi connectivity index (χ0v) is 14.1. The largest absolute Gasteiger partial charge is 0.463 e. The Balaban J connectivity index is 0. The first-order chi connectivity index (χ1) is 10.6. The Morgan fingerprint density at radius 3 is 1.64 bits per heavy atom. The molecule has 128 valence electrons. The van der Waals surface area contributed by atoms with Crippen LogP contribution < -0.4 is 5.73 Å². The molecule has 0 atom stereocenters. The van der Waals surface area contributed by atoms with Crippen molar-refractivity contribution in [2.75, 3.05) is 6.61 Å². The first kappa shape index (κ1) is 22.7. The number of unbranched alkanes of at least 4 members (excludes halogenated alkanes) is 9. The molecule has 22 heavy (non-hydrogen) atoms. The number of ether oxygens (including phenoxy) is 1. The molecule has 4 nitrogen and oxygen atoms in total. The Labute approximate surface area is 135 Å². The Kier molecular flexibility index (Phi) is 20.0. The molecule has 0 aromatic heterocycles. The van der Waals surface area contributed by atoms with Crippen molar-refractivity contribution >= 4 is 11.9 Å². The van der Waals surface area contributed by atoms with Gasteiger partial charge < -0.3 is 10.5 Å². The molecule has 0 aliphatic heterocycles. The normalized spacial score (nSPS) is 9.32. The van der Waals surface area contributed by atoms with Gasteiger partial charge in [-0.3, -0.25) is 4.79 Å². The second kappa shape index (κ2) is 19.4. The van der Waals surface area contributed by atoms with Crippen molar-refractivity contribution in [3.8, 4) is 0 Å². The second-order valence-electron chi connectivity index (χ2n) is 5.16. The topological polar surface area (TPSA) is 69.4 Å². The third-order valence-corrected chi connectivity index (χ3v) is 3.11. The van der Waals surface area contributed by atoms with Gasteiger partial charge in [0.2, 0.25) is 5.91 Å². The lowest BCUT2D eigenvalue weighted by Crippen LogP contribution is -2.04.